The van der Waals surface area contributed by atoms with Crippen LogP contribution in [0.15, 0.2) is 47.6 Å². The Kier molecular flexibility index (Phi) is 7.76. The molecule has 0 unspecified atom stereocenters. The first-order chi connectivity index (χ1) is 14.5. The Bertz CT molecular complexity index is 1020. The fourth-order valence-corrected chi connectivity index (χ4v) is 3.91. The van der Waals surface area contributed by atoms with E-state index in [0.29, 0.717) is 29.2 Å². The molecule has 0 radical (unpaired) electrons. The Labute approximate surface area is 186 Å². The number of benzene rings is 2. The number of thioether (sulfide) groups is 1. The molecule has 0 spiro atoms. The van der Waals surface area contributed by atoms with Gasteiger partial charge in [0, 0.05) is 17.3 Å². The van der Waals surface area contributed by atoms with Crippen molar-refractivity contribution in [3.8, 4) is 5.75 Å². The first-order valence-corrected chi connectivity index (χ1v) is 11.2. The third-order valence-corrected chi connectivity index (χ3v) is 6.00. The van der Waals surface area contributed by atoms with E-state index in [-0.39, 0.29) is 11.7 Å². The van der Waals surface area contributed by atoms with Gasteiger partial charge in [-0.05, 0) is 55.7 Å². The lowest BCUT2D eigenvalue weighted by Crippen LogP contribution is -2.16. The molecule has 0 bridgehead atoms. The zero-order chi connectivity index (χ0) is 21.5. The van der Waals surface area contributed by atoms with Gasteiger partial charge in [-0.15, -0.1) is 10.2 Å². The second-order valence-corrected chi connectivity index (χ2v) is 8.04. The van der Waals surface area contributed by atoms with E-state index in [1.54, 1.807) is 0 Å². The number of rotatable bonds is 9. The molecule has 1 aromatic heterocycles. The minimum atomic E-state index is -0.0685. The van der Waals surface area contributed by atoms with E-state index in [1.807, 2.05) is 60.9 Å². The van der Waals surface area contributed by atoms with Crippen LogP contribution in [-0.2, 0) is 24.4 Å². The average molecular weight is 445 g/mol. The second-order valence-electron chi connectivity index (χ2n) is 6.69. The first-order valence-electron chi connectivity index (χ1n) is 9.83. The topological polar surface area (TPSA) is 69.0 Å². The number of carbonyl (C=O) groups excluding carboxylic acids is 1. The van der Waals surface area contributed by atoms with Gasteiger partial charge in [0.25, 0.3) is 0 Å². The molecule has 2 aromatic carbocycles. The summed E-state index contributed by atoms with van der Waals surface area (Å²) in [5.74, 6) is 1.63. The number of hydrogen-bond donors (Lipinski definition) is 1. The van der Waals surface area contributed by atoms with Gasteiger partial charge in [-0.1, -0.05) is 48.5 Å². The maximum atomic E-state index is 12.4. The molecule has 0 aliphatic carbocycles. The van der Waals surface area contributed by atoms with Gasteiger partial charge in [-0.2, -0.15) is 0 Å². The molecule has 1 heterocycles. The molecule has 158 valence electrons. The predicted molar refractivity (Wildman–Crippen MR) is 121 cm³/mol. The lowest BCUT2D eigenvalue weighted by Gasteiger charge is -2.11. The van der Waals surface area contributed by atoms with Crippen molar-refractivity contribution in [2.45, 2.75) is 45.5 Å². The molecule has 0 aliphatic rings. The number of para-hydroxylation sites is 1. The number of ether oxygens (including phenoxy) is 1. The molecule has 0 atom stereocenters. The van der Waals surface area contributed by atoms with E-state index in [2.05, 4.69) is 22.4 Å². The maximum Gasteiger partial charge on any atom is 0.234 e. The molecular weight excluding hydrogens is 420 g/mol. The summed E-state index contributed by atoms with van der Waals surface area (Å²) < 4.78 is 7.80. The van der Waals surface area contributed by atoms with E-state index in [0.717, 1.165) is 29.0 Å². The van der Waals surface area contributed by atoms with Crippen LogP contribution in [0.2, 0.25) is 5.02 Å². The van der Waals surface area contributed by atoms with Crippen LogP contribution in [0.4, 0.5) is 5.69 Å². The Morgan fingerprint density at radius 3 is 2.73 bits per heavy atom. The average Bonchev–Trinajstić information content (AvgIpc) is 3.15. The molecule has 30 heavy (non-hydrogen) atoms. The monoisotopic (exact) mass is 444 g/mol. The Hall–Kier alpha value is -2.51. The second kappa shape index (κ2) is 10.5. The number of halogens is 1. The third-order valence-electron chi connectivity index (χ3n) is 4.61. The summed E-state index contributed by atoms with van der Waals surface area (Å²) in [6.45, 7) is 6.99. The first kappa shape index (κ1) is 22.2. The van der Waals surface area contributed by atoms with Crippen LogP contribution in [-0.4, -0.2) is 26.4 Å². The van der Waals surface area contributed by atoms with Crippen LogP contribution in [0.5, 0.6) is 5.75 Å². The normalized spacial score (nSPS) is 10.8. The standard InChI is InChI=1S/C22H25ClN4O2S/c1-4-16-8-6-7-9-19(16)24-21(28)14-30-22-26-25-20(27(22)5-2)13-29-17-10-11-18(23)15(3)12-17/h6-12H,4-5,13-14H2,1-3H3,(H,24,28). The van der Waals surface area contributed by atoms with E-state index >= 15 is 0 Å². The van der Waals surface area contributed by atoms with Gasteiger partial charge in [-0.25, -0.2) is 0 Å². The number of carbonyl (C=O) groups is 1. The summed E-state index contributed by atoms with van der Waals surface area (Å²) in [5, 5.41) is 12.9. The van der Waals surface area contributed by atoms with Crippen LogP contribution in [0, 0.1) is 6.92 Å². The van der Waals surface area contributed by atoms with Gasteiger partial charge in [0.2, 0.25) is 5.91 Å². The minimum Gasteiger partial charge on any atom is -0.486 e. The molecule has 6 nitrogen and oxygen atoms in total. The van der Waals surface area contributed by atoms with Gasteiger partial charge in [0.05, 0.1) is 5.75 Å². The Morgan fingerprint density at radius 1 is 1.20 bits per heavy atom. The van der Waals surface area contributed by atoms with Crippen molar-refractivity contribution in [1.29, 1.82) is 0 Å². The highest BCUT2D eigenvalue weighted by Crippen LogP contribution is 2.23. The third kappa shape index (κ3) is 5.55. The lowest BCUT2D eigenvalue weighted by molar-refractivity contribution is -0.113. The van der Waals surface area contributed by atoms with Crippen molar-refractivity contribution in [3.63, 3.8) is 0 Å². The molecule has 0 aliphatic heterocycles. The predicted octanol–water partition coefficient (Wildman–Crippen LogP) is 5.13. The molecular formula is C22H25ClN4O2S. The Balaban J connectivity index is 1.59. The smallest absolute Gasteiger partial charge is 0.234 e. The summed E-state index contributed by atoms with van der Waals surface area (Å²) in [5.41, 5.74) is 2.93. The largest absolute Gasteiger partial charge is 0.486 e. The van der Waals surface area contributed by atoms with Crippen molar-refractivity contribution in [2.75, 3.05) is 11.1 Å². The summed E-state index contributed by atoms with van der Waals surface area (Å²) in [6.07, 6.45) is 0.865. The quantitative estimate of drug-likeness (QED) is 0.463. The zero-order valence-electron chi connectivity index (χ0n) is 17.3. The van der Waals surface area contributed by atoms with Gasteiger partial charge in [0.15, 0.2) is 11.0 Å². The fourth-order valence-electron chi connectivity index (χ4n) is 2.97. The van der Waals surface area contributed by atoms with Crippen molar-refractivity contribution in [3.05, 3.63) is 64.4 Å². The van der Waals surface area contributed by atoms with Crippen LogP contribution >= 0.6 is 23.4 Å². The number of hydrogen-bond acceptors (Lipinski definition) is 5. The molecule has 3 rings (SSSR count). The minimum absolute atomic E-state index is 0.0685. The Morgan fingerprint density at radius 2 is 2.00 bits per heavy atom. The number of aryl methyl sites for hydroxylation is 2. The zero-order valence-corrected chi connectivity index (χ0v) is 18.9. The highest BCUT2D eigenvalue weighted by Gasteiger charge is 2.14. The number of nitrogens with one attached hydrogen (secondary N) is 1. The molecule has 0 saturated heterocycles. The molecule has 3 aromatic rings. The van der Waals surface area contributed by atoms with Gasteiger partial charge in [0.1, 0.15) is 12.4 Å². The van der Waals surface area contributed by atoms with Crippen molar-refractivity contribution in [2.24, 2.45) is 0 Å². The number of anilines is 1. The van der Waals surface area contributed by atoms with Crippen molar-refractivity contribution < 1.29 is 9.53 Å². The van der Waals surface area contributed by atoms with E-state index in [1.165, 1.54) is 11.8 Å². The van der Waals surface area contributed by atoms with Crippen LogP contribution < -0.4 is 10.1 Å². The fraction of sp³-hybridized carbons (Fsp3) is 0.318. The maximum absolute atomic E-state index is 12.4. The highest BCUT2D eigenvalue weighted by molar-refractivity contribution is 7.99. The molecule has 8 heteroatoms. The number of amides is 1. The van der Waals surface area contributed by atoms with Crippen molar-refractivity contribution >= 4 is 35.0 Å². The lowest BCUT2D eigenvalue weighted by atomic mass is 10.1. The van der Waals surface area contributed by atoms with Gasteiger partial charge in [-0.3, -0.25) is 4.79 Å². The highest BCUT2D eigenvalue weighted by atomic mass is 35.5. The van der Waals surface area contributed by atoms with Crippen LogP contribution in [0.25, 0.3) is 0 Å². The van der Waals surface area contributed by atoms with Gasteiger partial charge < -0.3 is 14.6 Å². The van der Waals surface area contributed by atoms with E-state index < -0.39 is 0 Å². The summed E-state index contributed by atoms with van der Waals surface area (Å²) >= 11 is 7.42. The molecule has 0 fully saturated rings. The molecule has 1 amide bonds. The van der Waals surface area contributed by atoms with Crippen molar-refractivity contribution in [1.82, 2.24) is 14.8 Å². The summed E-state index contributed by atoms with van der Waals surface area (Å²) in [6, 6.07) is 13.4. The molecule has 1 N–H and O–H groups in total. The summed E-state index contributed by atoms with van der Waals surface area (Å²) in [4.78, 5) is 12.4. The van der Waals surface area contributed by atoms with E-state index in [4.69, 9.17) is 16.3 Å². The molecule has 0 saturated carbocycles. The van der Waals surface area contributed by atoms with Gasteiger partial charge >= 0.3 is 0 Å². The number of aromatic nitrogens is 3. The van der Waals surface area contributed by atoms with Crippen LogP contribution in [0.3, 0.4) is 0 Å². The SMILES string of the molecule is CCc1ccccc1NC(=O)CSc1nnc(COc2ccc(Cl)c(C)c2)n1CC. The van der Waals surface area contributed by atoms with Crippen LogP contribution in [0.1, 0.15) is 30.8 Å². The number of nitrogens with zero attached hydrogens (tertiary/aromatic N) is 3. The summed E-state index contributed by atoms with van der Waals surface area (Å²) in [7, 11) is 0. The van der Waals surface area contributed by atoms with E-state index in [9.17, 15) is 4.79 Å².